The highest BCUT2D eigenvalue weighted by atomic mass is 16.5. The number of carbonyl (C=O) groups is 2. The number of hydrogen-bond donors (Lipinski definition) is 1. The summed E-state index contributed by atoms with van der Waals surface area (Å²) in [7, 11) is 0. The number of ketones is 1. The maximum absolute atomic E-state index is 13.6. The molecule has 3 aromatic rings. The van der Waals surface area contributed by atoms with Crippen molar-refractivity contribution >= 4 is 28.8 Å². The number of ether oxygens (including phenoxy) is 1. The molecule has 0 saturated carbocycles. The van der Waals surface area contributed by atoms with Crippen molar-refractivity contribution in [1.82, 2.24) is 0 Å². The molecular weight excluding hydrogens is 500 g/mol. The highest BCUT2D eigenvalue weighted by Gasteiger charge is 2.47. The Balaban J connectivity index is 1.87. The second-order valence-electron chi connectivity index (χ2n) is 10.8. The van der Waals surface area contributed by atoms with Crippen LogP contribution in [0, 0.1) is 6.92 Å². The summed E-state index contributed by atoms with van der Waals surface area (Å²) in [6.45, 7) is 16.0. The molecule has 1 aliphatic rings. The Hall–Kier alpha value is -4.06. The second-order valence-corrected chi connectivity index (χ2v) is 10.8. The van der Waals surface area contributed by atoms with Crippen LogP contribution in [0.25, 0.3) is 5.76 Å². The molecule has 1 fully saturated rings. The lowest BCUT2D eigenvalue weighted by Gasteiger charge is -2.27. The van der Waals surface area contributed by atoms with Crippen molar-refractivity contribution in [2.24, 2.45) is 0 Å². The van der Waals surface area contributed by atoms with Crippen LogP contribution in [-0.4, -0.2) is 36.0 Å². The first-order valence-corrected chi connectivity index (χ1v) is 14.1. The molecule has 1 atom stereocenters. The van der Waals surface area contributed by atoms with Gasteiger partial charge < -0.3 is 14.7 Å². The molecule has 3 aromatic carbocycles. The van der Waals surface area contributed by atoms with E-state index in [1.807, 2.05) is 69.3 Å². The van der Waals surface area contributed by atoms with Crippen molar-refractivity contribution < 1.29 is 19.4 Å². The van der Waals surface area contributed by atoms with Gasteiger partial charge in [0.1, 0.15) is 11.5 Å². The number of benzene rings is 3. The van der Waals surface area contributed by atoms with Crippen molar-refractivity contribution in [3.8, 4) is 5.75 Å². The maximum Gasteiger partial charge on any atom is 0.300 e. The Morgan fingerprint density at radius 3 is 2.08 bits per heavy atom. The number of nitrogens with zero attached hydrogens (tertiary/aromatic N) is 2. The summed E-state index contributed by atoms with van der Waals surface area (Å²) in [5.41, 5.74) is 4.93. The van der Waals surface area contributed by atoms with E-state index in [1.54, 1.807) is 18.2 Å². The van der Waals surface area contributed by atoms with E-state index in [4.69, 9.17) is 4.74 Å². The van der Waals surface area contributed by atoms with E-state index in [0.717, 1.165) is 35.5 Å². The molecule has 0 radical (unpaired) electrons. The normalized spacial score (nSPS) is 16.7. The van der Waals surface area contributed by atoms with Gasteiger partial charge in [-0.15, -0.1) is 0 Å². The lowest BCUT2D eigenvalue weighted by Crippen LogP contribution is -2.29. The molecule has 1 unspecified atom stereocenters. The minimum Gasteiger partial charge on any atom is -0.507 e. The van der Waals surface area contributed by atoms with E-state index >= 15 is 0 Å². The van der Waals surface area contributed by atoms with Crippen LogP contribution in [0.15, 0.2) is 72.3 Å². The smallest absolute Gasteiger partial charge is 0.300 e. The zero-order chi connectivity index (χ0) is 29.1. The molecule has 4 rings (SSSR count). The number of amides is 1. The third-order valence-corrected chi connectivity index (χ3v) is 7.43. The maximum atomic E-state index is 13.6. The topological polar surface area (TPSA) is 70.1 Å². The predicted octanol–water partition coefficient (Wildman–Crippen LogP) is 7.38. The third kappa shape index (κ3) is 5.62. The van der Waals surface area contributed by atoms with Gasteiger partial charge >= 0.3 is 0 Å². The molecule has 0 bridgehead atoms. The number of hydrogen-bond acceptors (Lipinski definition) is 5. The highest BCUT2D eigenvalue weighted by molar-refractivity contribution is 6.51. The van der Waals surface area contributed by atoms with Crippen molar-refractivity contribution in [1.29, 1.82) is 0 Å². The average Bonchev–Trinajstić information content (AvgIpc) is 3.20. The van der Waals surface area contributed by atoms with Crippen LogP contribution in [0.4, 0.5) is 11.4 Å². The Kier molecular flexibility index (Phi) is 8.67. The molecule has 0 aliphatic carbocycles. The molecule has 40 heavy (non-hydrogen) atoms. The van der Waals surface area contributed by atoms with Gasteiger partial charge in [-0.05, 0) is 99.7 Å². The van der Waals surface area contributed by atoms with E-state index in [2.05, 4.69) is 32.6 Å². The van der Waals surface area contributed by atoms with Gasteiger partial charge in [-0.25, -0.2) is 0 Å². The van der Waals surface area contributed by atoms with Crippen LogP contribution in [0.5, 0.6) is 5.75 Å². The number of aliphatic hydroxyl groups is 1. The summed E-state index contributed by atoms with van der Waals surface area (Å²) in [6, 6.07) is 20.1. The molecule has 1 N–H and O–H groups in total. The first-order chi connectivity index (χ1) is 19.1. The van der Waals surface area contributed by atoms with Crippen LogP contribution in [0.1, 0.15) is 75.8 Å². The van der Waals surface area contributed by atoms with Crippen LogP contribution in [0.3, 0.4) is 0 Å². The fourth-order valence-corrected chi connectivity index (χ4v) is 5.23. The van der Waals surface area contributed by atoms with Crippen molar-refractivity contribution in [3.63, 3.8) is 0 Å². The molecule has 0 aromatic heterocycles. The second kappa shape index (κ2) is 12.0. The zero-order valence-corrected chi connectivity index (χ0v) is 24.6. The van der Waals surface area contributed by atoms with Gasteiger partial charge in [0.05, 0.1) is 17.7 Å². The quantitative estimate of drug-likeness (QED) is 0.174. The molecule has 1 amide bonds. The zero-order valence-electron chi connectivity index (χ0n) is 24.6. The monoisotopic (exact) mass is 540 g/mol. The fourth-order valence-electron chi connectivity index (χ4n) is 5.23. The summed E-state index contributed by atoms with van der Waals surface area (Å²) < 4.78 is 5.85. The number of Topliss-reactive ketones (excluding diaryl/α,β-unsaturated/α-hetero) is 1. The number of rotatable bonds is 9. The van der Waals surface area contributed by atoms with Crippen LogP contribution in [0.2, 0.25) is 0 Å². The molecule has 6 nitrogen and oxygen atoms in total. The lowest BCUT2D eigenvalue weighted by atomic mass is 9.94. The lowest BCUT2D eigenvalue weighted by molar-refractivity contribution is -0.132. The first-order valence-electron chi connectivity index (χ1n) is 14.1. The molecule has 210 valence electrons. The largest absolute Gasteiger partial charge is 0.507 e. The summed E-state index contributed by atoms with van der Waals surface area (Å²) in [4.78, 5) is 30.9. The van der Waals surface area contributed by atoms with Crippen LogP contribution >= 0.6 is 0 Å². The average molecular weight is 541 g/mol. The van der Waals surface area contributed by atoms with E-state index in [-0.39, 0.29) is 17.4 Å². The number of carbonyl (C=O) groups excluding carboxylic acids is 2. The number of anilines is 2. The third-order valence-electron chi connectivity index (χ3n) is 7.43. The Labute approximate surface area is 237 Å². The minimum atomic E-state index is -0.775. The number of aryl methyl sites for hydroxylation is 1. The molecule has 1 aliphatic heterocycles. The van der Waals surface area contributed by atoms with Crippen molar-refractivity contribution in [3.05, 3.63) is 94.6 Å². The molecule has 1 saturated heterocycles. The number of aliphatic hydroxyl groups excluding tert-OH is 1. The summed E-state index contributed by atoms with van der Waals surface area (Å²) >= 11 is 0. The Morgan fingerprint density at radius 2 is 1.55 bits per heavy atom. The van der Waals surface area contributed by atoms with Crippen LogP contribution < -0.4 is 14.5 Å². The standard InChI is InChI=1S/C34H40N2O4/c1-8-35(9-2)27-15-12-25(13-16-27)31-30(32(37)26-14-19-29(23(7)20-26)40-22(5)6)33(38)34(39)36(31)28-17-10-24(11-18-28)21(3)4/h10-22,31,37H,8-9H2,1-7H3/b32-30-. The Morgan fingerprint density at radius 1 is 0.925 bits per heavy atom. The van der Waals surface area contributed by atoms with Gasteiger partial charge in [-0.3, -0.25) is 14.5 Å². The predicted molar refractivity (Wildman–Crippen MR) is 162 cm³/mol. The SMILES string of the molecule is CCN(CC)c1ccc(C2/C(=C(/O)c3ccc(OC(C)C)c(C)c3)C(=O)C(=O)N2c2ccc(C(C)C)cc2)cc1. The molecule has 6 heteroatoms. The van der Waals surface area contributed by atoms with Gasteiger partial charge in [0, 0.05) is 30.0 Å². The van der Waals surface area contributed by atoms with E-state index in [0.29, 0.717) is 22.9 Å². The minimum absolute atomic E-state index is 0.00451. The van der Waals surface area contributed by atoms with Gasteiger partial charge in [0.15, 0.2) is 0 Å². The summed E-state index contributed by atoms with van der Waals surface area (Å²) in [6.07, 6.45) is 0.00451. The van der Waals surface area contributed by atoms with E-state index in [9.17, 15) is 14.7 Å². The molecule has 0 spiro atoms. The summed E-state index contributed by atoms with van der Waals surface area (Å²) in [5, 5.41) is 11.6. The van der Waals surface area contributed by atoms with Gasteiger partial charge in [-0.1, -0.05) is 38.1 Å². The van der Waals surface area contributed by atoms with E-state index < -0.39 is 17.7 Å². The highest BCUT2D eigenvalue weighted by Crippen LogP contribution is 2.43. The van der Waals surface area contributed by atoms with Crippen molar-refractivity contribution in [2.75, 3.05) is 22.9 Å². The van der Waals surface area contributed by atoms with Crippen molar-refractivity contribution in [2.45, 2.75) is 66.5 Å². The van der Waals surface area contributed by atoms with Gasteiger partial charge in [0.25, 0.3) is 11.7 Å². The molecule has 1 heterocycles. The fraction of sp³-hybridized carbons (Fsp3) is 0.353. The van der Waals surface area contributed by atoms with Gasteiger partial charge in [-0.2, -0.15) is 0 Å². The Bertz CT molecular complexity index is 1400. The molecular formula is C34H40N2O4. The summed E-state index contributed by atoms with van der Waals surface area (Å²) in [5.74, 6) is -0.521. The van der Waals surface area contributed by atoms with E-state index in [1.165, 1.54) is 4.90 Å². The first kappa shape index (κ1) is 28.9. The van der Waals surface area contributed by atoms with Gasteiger partial charge in [0.2, 0.25) is 0 Å². The van der Waals surface area contributed by atoms with Crippen LogP contribution in [-0.2, 0) is 9.59 Å².